The van der Waals surface area contributed by atoms with Crippen LogP contribution in [0.5, 0.6) is 0 Å². The molecule has 0 heterocycles. The summed E-state index contributed by atoms with van der Waals surface area (Å²) in [5.41, 5.74) is 0. The molecule has 13 nitrogen and oxygen atoms in total. The van der Waals surface area contributed by atoms with Crippen LogP contribution in [0, 0.1) is 0 Å². The van der Waals surface area contributed by atoms with Gasteiger partial charge in [-0.1, -0.05) is 174 Å². The van der Waals surface area contributed by atoms with Crippen molar-refractivity contribution < 1.29 is 63.1 Å². The van der Waals surface area contributed by atoms with Gasteiger partial charge in [-0.05, 0) is 12.8 Å². The van der Waals surface area contributed by atoms with Crippen LogP contribution in [0.1, 0.15) is 200 Å². The van der Waals surface area contributed by atoms with Gasteiger partial charge in [-0.2, -0.15) is 0 Å². The second-order valence-corrected chi connectivity index (χ2v) is 17.3. The zero-order valence-electron chi connectivity index (χ0n) is 34.9. The van der Waals surface area contributed by atoms with E-state index in [0.29, 0.717) is 12.8 Å². The van der Waals surface area contributed by atoms with Crippen molar-refractivity contribution in [3.63, 3.8) is 0 Å². The average Bonchev–Trinajstić information content (AvgIpc) is 3.18. The molecule has 1 aliphatic carbocycles. The highest BCUT2D eigenvalue weighted by atomic mass is 31.2. The van der Waals surface area contributed by atoms with Crippen LogP contribution in [0.3, 0.4) is 0 Å². The zero-order chi connectivity index (χ0) is 41.4. The Balaban J connectivity index is 2.34. The summed E-state index contributed by atoms with van der Waals surface area (Å²) in [5.74, 6) is -1.09. The molecule has 6 unspecified atom stereocenters. The maximum atomic E-state index is 12.7. The number of esters is 2. The second-order valence-electron chi connectivity index (χ2n) is 15.9. The lowest BCUT2D eigenvalue weighted by atomic mass is 9.85. The predicted octanol–water partition coefficient (Wildman–Crippen LogP) is 8.11. The van der Waals surface area contributed by atoms with Crippen LogP contribution < -0.4 is 0 Å². The third-order valence-corrected chi connectivity index (χ3v) is 11.7. The standard InChI is InChI=1S/C42H81O13P/c1-3-5-7-9-11-12-13-14-15-16-17-18-19-20-21-22-23-25-26-28-30-35(43)52-32-34(54-36(44)31-29-27-24-10-8-6-4-2)33-53-56(50,51)55-42-40(48)38(46)37(45)39(47)41(42)49/h34,37-42,45-49H,3-33H2,1-2H3,(H,50,51)/t34-,37?,38-,39?,40?,41?,42?/m0/s1. The van der Waals surface area contributed by atoms with Gasteiger partial charge in [0.1, 0.15) is 43.2 Å². The number of aliphatic hydroxyl groups excluding tert-OH is 5. The SMILES string of the molecule is CCCCCCCCCCCCCCCCCCCCCCC(=O)OC[C@@H](COP(=O)(O)OC1C(O)C(O)C(O)[C@H](O)C1O)OC(=O)CCCCCCCCC. The van der Waals surface area contributed by atoms with Crippen molar-refractivity contribution in [2.75, 3.05) is 13.2 Å². The van der Waals surface area contributed by atoms with E-state index >= 15 is 0 Å². The highest BCUT2D eigenvalue weighted by Crippen LogP contribution is 2.47. The Morgan fingerprint density at radius 1 is 0.482 bits per heavy atom. The van der Waals surface area contributed by atoms with Crippen LogP contribution in [-0.4, -0.2) is 98.3 Å². The van der Waals surface area contributed by atoms with Crippen LogP contribution in [0.25, 0.3) is 0 Å². The van der Waals surface area contributed by atoms with Crippen molar-refractivity contribution in [1.29, 1.82) is 0 Å². The van der Waals surface area contributed by atoms with Crippen molar-refractivity contribution in [3.05, 3.63) is 0 Å². The third-order valence-electron chi connectivity index (χ3n) is 10.7. The highest BCUT2D eigenvalue weighted by Gasteiger charge is 2.51. The lowest BCUT2D eigenvalue weighted by Gasteiger charge is -2.41. The number of carbonyl (C=O) groups is 2. The van der Waals surface area contributed by atoms with E-state index in [0.717, 1.165) is 51.4 Å². The number of phosphoric acid groups is 1. The van der Waals surface area contributed by atoms with Crippen molar-refractivity contribution in [2.45, 2.75) is 243 Å². The molecule has 1 fully saturated rings. The lowest BCUT2D eigenvalue weighted by molar-refractivity contribution is -0.220. The van der Waals surface area contributed by atoms with E-state index in [1.807, 2.05) is 0 Å². The maximum absolute atomic E-state index is 12.7. The minimum Gasteiger partial charge on any atom is -0.462 e. The molecule has 1 aliphatic rings. The molecule has 14 heteroatoms. The van der Waals surface area contributed by atoms with Gasteiger partial charge < -0.3 is 39.9 Å². The Bertz CT molecular complexity index is 1000. The number of rotatable bonds is 37. The summed E-state index contributed by atoms with van der Waals surface area (Å²) in [6.45, 7) is 3.24. The van der Waals surface area contributed by atoms with Crippen LogP contribution in [0.2, 0.25) is 0 Å². The fraction of sp³-hybridized carbons (Fsp3) is 0.952. The molecule has 0 aromatic heterocycles. The molecule has 332 valence electrons. The number of aliphatic hydroxyl groups is 5. The summed E-state index contributed by atoms with van der Waals surface area (Å²) in [4.78, 5) is 35.4. The van der Waals surface area contributed by atoms with Crippen molar-refractivity contribution >= 4 is 19.8 Å². The molecule has 6 N–H and O–H groups in total. The quantitative estimate of drug-likeness (QED) is 0.0199. The minimum atomic E-state index is -5.10. The topological polar surface area (TPSA) is 210 Å². The molecular formula is C42H81O13P. The molecule has 0 amide bonds. The first kappa shape index (κ1) is 52.9. The van der Waals surface area contributed by atoms with Gasteiger partial charge in [-0.25, -0.2) is 4.57 Å². The van der Waals surface area contributed by atoms with Crippen LogP contribution in [-0.2, 0) is 32.7 Å². The molecule has 56 heavy (non-hydrogen) atoms. The third kappa shape index (κ3) is 26.1. The smallest absolute Gasteiger partial charge is 0.462 e. The normalized spacial score (nSPS) is 22.8. The van der Waals surface area contributed by atoms with E-state index in [1.54, 1.807) is 0 Å². The van der Waals surface area contributed by atoms with E-state index in [2.05, 4.69) is 13.8 Å². The first-order valence-electron chi connectivity index (χ1n) is 22.3. The van der Waals surface area contributed by atoms with Gasteiger partial charge in [-0.15, -0.1) is 0 Å². The highest BCUT2D eigenvalue weighted by molar-refractivity contribution is 7.47. The molecule has 1 saturated carbocycles. The van der Waals surface area contributed by atoms with Gasteiger partial charge >= 0.3 is 19.8 Å². The van der Waals surface area contributed by atoms with Crippen LogP contribution >= 0.6 is 7.82 Å². The van der Waals surface area contributed by atoms with Gasteiger partial charge in [0, 0.05) is 12.8 Å². The Morgan fingerprint density at radius 2 is 0.804 bits per heavy atom. The van der Waals surface area contributed by atoms with Crippen molar-refractivity contribution in [3.8, 4) is 0 Å². The first-order valence-corrected chi connectivity index (χ1v) is 23.8. The maximum Gasteiger partial charge on any atom is 0.472 e. The van der Waals surface area contributed by atoms with Gasteiger partial charge in [0.05, 0.1) is 6.61 Å². The minimum absolute atomic E-state index is 0.101. The molecule has 0 radical (unpaired) electrons. The summed E-state index contributed by atoms with van der Waals surface area (Å²) in [7, 11) is -5.10. The number of carbonyl (C=O) groups excluding carboxylic acids is 2. The number of phosphoric ester groups is 1. The Morgan fingerprint density at radius 3 is 1.18 bits per heavy atom. The summed E-state index contributed by atoms with van der Waals surface area (Å²) >= 11 is 0. The molecule has 8 atom stereocenters. The molecule has 0 spiro atoms. The van der Waals surface area contributed by atoms with Crippen LogP contribution in [0.15, 0.2) is 0 Å². The molecule has 0 saturated heterocycles. The van der Waals surface area contributed by atoms with Crippen molar-refractivity contribution in [2.24, 2.45) is 0 Å². The second kappa shape index (κ2) is 33.7. The Hall–Kier alpha value is -1.15. The van der Waals surface area contributed by atoms with E-state index in [4.69, 9.17) is 18.5 Å². The van der Waals surface area contributed by atoms with Gasteiger partial charge in [-0.3, -0.25) is 18.6 Å². The summed E-state index contributed by atoms with van der Waals surface area (Å²) < 4.78 is 33.3. The predicted molar refractivity (Wildman–Crippen MR) is 217 cm³/mol. The summed E-state index contributed by atoms with van der Waals surface area (Å²) in [5, 5.41) is 49.9. The fourth-order valence-corrected chi connectivity index (χ4v) is 8.03. The molecule has 0 aromatic rings. The Labute approximate surface area is 338 Å². The van der Waals surface area contributed by atoms with Crippen LogP contribution in [0.4, 0.5) is 0 Å². The monoisotopic (exact) mass is 825 g/mol. The van der Waals surface area contributed by atoms with E-state index in [9.17, 15) is 44.6 Å². The number of ether oxygens (including phenoxy) is 2. The van der Waals surface area contributed by atoms with Gasteiger partial charge in [0.2, 0.25) is 0 Å². The molecule has 0 aromatic carbocycles. The average molecular weight is 825 g/mol. The molecular weight excluding hydrogens is 743 g/mol. The largest absolute Gasteiger partial charge is 0.472 e. The number of hydrogen-bond acceptors (Lipinski definition) is 12. The number of unbranched alkanes of at least 4 members (excludes halogenated alkanes) is 25. The van der Waals surface area contributed by atoms with Gasteiger partial charge in [0.15, 0.2) is 6.10 Å². The zero-order valence-corrected chi connectivity index (χ0v) is 35.8. The fourth-order valence-electron chi connectivity index (χ4n) is 7.05. The summed E-state index contributed by atoms with van der Waals surface area (Å²) in [6.07, 6.45) is 19.2. The van der Waals surface area contributed by atoms with E-state index in [-0.39, 0.29) is 12.8 Å². The molecule has 0 bridgehead atoms. The number of hydrogen-bond donors (Lipinski definition) is 6. The first-order chi connectivity index (χ1) is 26.9. The Kier molecular flexibility index (Phi) is 31.8. The lowest BCUT2D eigenvalue weighted by Crippen LogP contribution is -2.64. The molecule has 1 rings (SSSR count). The van der Waals surface area contributed by atoms with E-state index < -0.39 is 75.7 Å². The van der Waals surface area contributed by atoms with Gasteiger partial charge in [0.25, 0.3) is 0 Å². The van der Waals surface area contributed by atoms with E-state index in [1.165, 1.54) is 109 Å². The van der Waals surface area contributed by atoms with Crippen molar-refractivity contribution in [1.82, 2.24) is 0 Å². The molecule has 0 aliphatic heterocycles. The summed E-state index contributed by atoms with van der Waals surface area (Å²) in [6, 6.07) is 0.